The second-order valence-electron chi connectivity index (χ2n) is 7.37. The minimum atomic E-state index is 0.325. The third-order valence-corrected chi connectivity index (χ3v) is 5.96. The van der Waals surface area contributed by atoms with Gasteiger partial charge in [-0.15, -0.1) is 11.3 Å². The number of likely N-dealkylation sites (tertiary alicyclic amines) is 1. The lowest BCUT2D eigenvalue weighted by Gasteiger charge is -2.28. The van der Waals surface area contributed by atoms with Crippen LogP contribution in [0, 0.1) is 12.8 Å². The number of hydrogen-bond donors (Lipinski definition) is 2. The highest BCUT2D eigenvalue weighted by molar-refractivity contribution is 7.18. The van der Waals surface area contributed by atoms with E-state index in [2.05, 4.69) is 48.6 Å². The Morgan fingerprint density at radius 2 is 1.93 bits per heavy atom. The average molecular weight is 414 g/mol. The number of ether oxygens (including phenoxy) is 1. The Morgan fingerprint density at radius 3 is 2.72 bits per heavy atom. The lowest BCUT2D eigenvalue weighted by Crippen LogP contribution is -2.33. The van der Waals surface area contributed by atoms with Crippen LogP contribution in [-0.2, 0) is 0 Å². The number of thiazole rings is 1. The van der Waals surface area contributed by atoms with Crippen molar-refractivity contribution >= 4 is 39.1 Å². The summed E-state index contributed by atoms with van der Waals surface area (Å²) in [5.74, 6) is 1.64. The maximum Gasteiger partial charge on any atom is 0.323 e. The zero-order chi connectivity index (χ0) is 20.2. The molecule has 0 unspecified atom stereocenters. The number of nitrogens with zero attached hydrogens (tertiary/aromatic N) is 5. The van der Waals surface area contributed by atoms with Crippen molar-refractivity contribution in [3.05, 3.63) is 23.2 Å². The molecule has 0 amide bonds. The zero-order valence-electron chi connectivity index (χ0n) is 17.1. The molecule has 1 fully saturated rings. The van der Waals surface area contributed by atoms with Gasteiger partial charge in [0.05, 0.1) is 21.8 Å². The summed E-state index contributed by atoms with van der Waals surface area (Å²) in [6.07, 6.45) is 2.37. The van der Waals surface area contributed by atoms with E-state index in [1.54, 1.807) is 11.3 Å². The van der Waals surface area contributed by atoms with E-state index in [1.807, 2.05) is 26.0 Å². The van der Waals surface area contributed by atoms with Crippen LogP contribution in [0.5, 0.6) is 6.01 Å². The van der Waals surface area contributed by atoms with Gasteiger partial charge in [0.2, 0.25) is 11.9 Å². The van der Waals surface area contributed by atoms with E-state index in [1.165, 1.54) is 12.8 Å². The molecule has 154 valence electrons. The lowest BCUT2D eigenvalue weighted by molar-refractivity contribution is 0.226. The van der Waals surface area contributed by atoms with Gasteiger partial charge in [-0.3, -0.25) is 0 Å². The number of piperidine rings is 1. The fourth-order valence-electron chi connectivity index (χ4n) is 3.43. The topological polar surface area (TPSA) is 88.1 Å². The molecule has 8 nitrogen and oxygen atoms in total. The smallest absolute Gasteiger partial charge is 0.323 e. The van der Waals surface area contributed by atoms with E-state index in [9.17, 15) is 0 Å². The minimum absolute atomic E-state index is 0.325. The Kier molecular flexibility index (Phi) is 6.05. The van der Waals surface area contributed by atoms with Crippen LogP contribution >= 0.6 is 11.3 Å². The quantitative estimate of drug-likeness (QED) is 0.606. The SMILES string of the molecule is CCOc1nc(NCC2CCN(C)CC2)nc(Nc2ccc3nc(C)sc3c2)n1. The van der Waals surface area contributed by atoms with Gasteiger partial charge in [-0.25, -0.2) is 4.98 Å². The van der Waals surface area contributed by atoms with Crippen LogP contribution in [0.3, 0.4) is 0 Å². The summed E-state index contributed by atoms with van der Waals surface area (Å²) >= 11 is 1.67. The van der Waals surface area contributed by atoms with Gasteiger partial charge in [0.1, 0.15) is 0 Å². The molecule has 1 aromatic carbocycles. The van der Waals surface area contributed by atoms with Crippen molar-refractivity contribution in [3.63, 3.8) is 0 Å². The molecule has 0 radical (unpaired) electrons. The molecule has 1 aliphatic rings. The van der Waals surface area contributed by atoms with Crippen LogP contribution in [0.1, 0.15) is 24.8 Å². The standard InChI is InChI=1S/C20H27N7OS/c1-4-28-20-25-18(21-12-14-7-9-27(3)10-8-14)24-19(26-20)23-15-5-6-16-17(11-15)29-13(2)22-16/h5-6,11,14H,4,7-10,12H2,1-3H3,(H2,21,23,24,25,26). The zero-order valence-corrected chi connectivity index (χ0v) is 17.9. The van der Waals surface area contributed by atoms with Crippen LogP contribution < -0.4 is 15.4 Å². The molecular weight excluding hydrogens is 386 g/mol. The molecule has 0 aliphatic carbocycles. The number of aryl methyl sites for hydroxylation is 1. The molecule has 1 aliphatic heterocycles. The predicted octanol–water partition coefficient (Wildman–Crippen LogP) is 3.69. The fourth-order valence-corrected chi connectivity index (χ4v) is 4.30. The van der Waals surface area contributed by atoms with Crippen molar-refractivity contribution in [2.24, 2.45) is 5.92 Å². The molecule has 9 heteroatoms. The van der Waals surface area contributed by atoms with Crippen LogP contribution in [0.4, 0.5) is 17.6 Å². The van der Waals surface area contributed by atoms with Crippen LogP contribution in [-0.4, -0.2) is 58.1 Å². The average Bonchev–Trinajstić information content (AvgIpc) is 3.07. The van der Waals surface area contributed by atoms with E-state index >= 15 is 0 Å². The Morgan fingerprint density at radius 1 is 1.14 bits per heavy atom. The maximum absolute atomic E-state index is 5.55. The first-order valence-electron chi connectivity index (χ1n) is 10.0. The van der Waals surface area contributed by atoms with Crippen molar-refractivity contribution in [2.75, 3.05) is 43.9 Å². The van der Waals surface area contributed by atoms with Crippen molar-refractivity contribution in [3.8, 4) is 6.01 Å². The maximum atomic E-state index is 5.55. The lowest BCUT2D eigenvalue weighted by atomic mass is 9.97. The van der Waals surface area contributed by atoms with Crippen LogP contribution in [0.2, 0.25) is 0 Å². The van der Waals surface area contributed by atoms with Gasteiger partial charge in [0.25, 0.3) is 0 Å². The van der Waals surface area contributed by atoms with Crippen molar-refractivity contribution in [2.45, 2.75) is 26.7 Å². The summed E-state index contributed by atoms with van der Waals surface area (Å²) in [7, 11) is 2.17. The first kappa shape index (κ1) is 19.8. The van der Waals surface area contributed by atoms with Crippen molar-refractivity contribution in [1.29, 1.82) is 0 Å². The van der Waals surface area contributed by atoms with Crippen molar-refractivity contribution in [1.82, 2.24) is 24.8 Å². The molecule has 0 bridgehead atoms. The van der Waals surface area contributed by atoms with E-state index in [-0.39, 0.29) is 0 Å². The largest absolute Gasteiger partial charge is 0.464 e. The van der Waals surface area contributed by atoms with Gasteiger partial charge in [-0.2, -0.15) is 15.0 Å². The number of aromatic nitrogens is 4. The number of nitrogens with one attached hydrogen (secondary N) is 2. The summed E-state index contributed by atoms with van der Waals surface area (Å²) in [6, 6.07) is 6.38. The third kappa shape index (κ3) is 5.10. The molecule has 0 spiro atoms. The third-order valence-electron chi connectivity index (χ3n) is 5.03. The summed E-state index contributed by atoms with van der Waals surface area (Å²) < 4.78 is 6.68. The fraction of sp³-hybridized carbons (Fsp3) is 0.500. The molecular formula is C20H27N7OS. The highest BCUT2D eigenvalue weighted by Crippen LogP contribution is 2.26. The van der Waals surface area contributed by atoms with E-state index in [0.29, 0.717) is 30.4 Å². The Balaban J connectivity index is 1.49. The predicted molar refractivity (Wildman–Crippen MR) is 117 cm³/mol. The molecule has 0 saturated carbocycles. The number of benzene rings is 1. The molecule has 4 rings (SSSR count). The molecule has 1 saturated heterocycles. The van der Waals surface area contributed by atoms with Gasteiger partial charge in [-0.05, 0) is 70.9 Å². The number of rotatable bonds is 7. The van der Waals surface area contributed by atoms with Gasteiger partial charge in [-0.1, -0.05) is 0 Å². The van der Waals surface area contributed by atoms with Crippen LogP contribution in [0.25, 0.3) is 10.2 Å². The molecule has 2 aromatic heterocycles. The highest BCUT2D eigenvalue weighted by atomic mass is 32.1. The highest BCUT2D eigenvalue weighted by Gasteiger charge is 2.17. The number of fused-ring (bicyclic) bond motifs is 1. The van der Waals surface area contributed by atoms with Gasteiger partial charge in [0, 0.05) is 12.2 Å². The van der Waals surface area contributed by atoms with E-state index in [4.69, 9.17) is 4.74 Å². The first-order valence-corrected chi connectivity index (χ1v) is 10.9. The number of hydrogen-bond acceptors (Lipinski definition) is 9. The Hall–Kier alpha value is -2.52. The first-order chi connectivity index (χ1) is 14.1. The van der Waals surface area contributed by atoms with Gasteiger partial charge < -0.3 is 20.3 Å². The Labute approximate surface area is 174 Å². The summed E-state index contributed by atoms with van der Waals surface area (Å²) in [5, 5.41) is 7.71. The molecule has 3 heterocycles. The second-order valence-corrected chi connectivity index (χ2v) is 8.60. The summed E-state index contributed by atoms with van der Waals surface area (Å²) in [6.45, 7) is 7.57. The molecule has 2 N–H and O–H groups in total. The molecule has 3 aromatic rings. The molecule has 0 atom stereocenters. The van der Waals surface area contributed by atoms with E-state index < -0.39 is 0 Å². The molecule has 29 heavy (non-hydrogen) atoms. The second kappa shape index (κ2) is 8.87. The Bertz CT molecular complexity index is 969. The van der Waals surface area contributed by atoms with Gasteiger partial charge in [0.15, 0.2) is 0 Å². The monoisotopic (exact) mass is 413 g/mol. The summed E-state index contributed by atoms with van der Waals surface area (Å²) in [5.41, 5.74) is 1.92. The van der Waals surface area contributed by atoms with Gasteiger partial charge >= 0.3 is 6.01 Å². The number of anilines is 3. The minimum Gasteiger partial charge on any atom is -0.464 e. The van der Waals surface area contributed by atoms with E-state index in [0.717, 1.165) is 40.5 Å². The van der Waals surface area contributed by atoms with Crippen molar-refractivity contribution < 1.29 is 4.74 Å². The summed E-state index contributed by atoms with van der Waals surface area (Å²) in [4.78, 5) is 20.2. The normalized spacial score (nSPS) is 15.6. The van der Waals surface area contributed by atoms with Crippen LogP contribution in [0.15, 0.2) is 18.2 Å².